The number of nitrogens with zero attached hydrogens (tertiary/aromatic N) is 3. The molecule has 0 spiro atoms. The number of aromatic nitrogens is 3. The molecule has 0 unspecified atom stereocenters. The van der Waals surface area contributed by atoms with E-state index in [0.717, 1.165) is 16.7 Å². The molecule has 0 atom stereocenters. The molecule has 0 saturated carbocycles. The SMILES string of the molecule is CNc1cc(CSc2nccn2C)ccn1. The molecule has 0 bridgehead atoms. The van der Waals surface area contributed by atoms with E-state index in [1.165, 1.54) is 5.56 Å². The second-order valence-electron chi connectivity index (χ2n) is 3.41. The van der Waals surface area contributed by atoms with Gasteiger partial charge in [0, 0.05) is 38.4 Å². The molecule has 0 aliphatic carbocycles. The summed E-state index contributed by atoms with van der Waals surface area (Å²) in [5, 5.41) is 4.06. The summed E-state index contributed by atoms with van der Waals surface area (Å²) in [6.07, 6.45) is 5.59. The summed E-state index contributed by atoms with van der Waals surface area (Å²) in [5.41, 5.74) is 1.24. The summed E-state index contributed by atoms with van der Waals surface area (Å²) in [6.45, 7) is 0. The third-order valence-corrected chi connectivity index (χ3v) is 3.35. The van der Waals surface area contributed by atoms with Gasteiger partial charge >= 0.3 is 0 Å². The second kappa shape index (κ2) is 5.03. The van der Waals surface area contributed by atoms with Crippen LogP contribution in [0.15, 0.2) is 35.9 Å². The number of aryl methyl sites for hydroxylation is 1. The molecular formula is C11H14N4S. The minimum Gasteiger partial charge on any atom is -0.373 e. The Hall–Kier alpha value is -1.49. The van der Waals surface area contributed by atoms with Crippen LogP contribution in [0.2, 0.25) is 0 Å². The molecule has 2 heterocycles. The molecule has 0 aliphatic heterocycles. The number of imidazole rings is 1. The monoisotopic (exact) mass is 234 g/mol. The first kappa shape index (κ1) is 11.0. The summed E-state index contributed by atoms with van der Waals surface area (Å²) < 4.78 is 2.02. The summed E-state index contributed by atoms with van der Waals surface area (Å²) >= 11 is 1.72. The van der Waals surface area contributed by atoms with Gasteiger partial charge in [0.25, 0.3) is 0 Å². The van der Waals surface area contributed by atoms with E-state index in [4.69, 9.17) is 0 Å². The maximum Gasteiger partial charge on any atom is 0.167 e. The van der Waals surface area contributed by atoms with Crippen molar-refractivity contribution in [3.63, 3.8) is 0 Å². The summed E-state index contributed by atoms with van der Waals surface area (Å²) in [7, 11) is 3.87. The summed E-state index contributed by atoms with van der Waals surface area (Å²) in [4.78, 5) is 8.45. The van der Waals surface area contributed by atoms with Gasteiger partial charge in [-0.25, -0.2) is 9.97 Å². The predicted molar refractivity (Wildman–Crippen MR) is 66.6 cm³/mol. The number of hydrogen-bond acceptors (Lipinski definition) is 4. The van der Waals surface area contributed by atoms with Gasteiger partial charge in [0.05, 0.1) is 0 Å². The van der Waals surface area contributed by atoms with Crippen molar-refractivity contribution in [3.05, 3.63) is 36.3 Å². The zero-order valence-electron chi connectivity index (χ0n) is 9.34. The summed E-state index contributed by atoms with van der Waals surface area (Å²) in [6, 6.07) is 4.08. The van der Waals surface area contributed by atoms with Gasteiger partial charge in [-0.2, -0.15) is 0 Å². The van der Waals surface area contributed by atoms with Crippen LogP contribution < -0.4 is 5.32 Å². The van der Waals surface area contributed by atoms with E-state index in [9.17, 15) is 0 Å². The Morgan fingerprint density at radius 3 is 2.94 bits per heavy atom. The highest BCUT2D eigenvalue weighted by atomic mass is 32.2. The highest BCUT2D eigenvalue weighted by molar-refractivity contribution is 7.98. The molecule has 16 heavy (non-hydrogen) atoms. The van der Waals surface area contributed by atoms with Crippen LogP contribution in [-0.2, 0) is 12.8 Å². The molecule has 2 rings (SSSR count). The molecule has 0 radical (unpaired) electrons. The Balaban J connectivity index is 2.02. The van der Waals surface area contributed by atoms with Gasteiger partial charge in [0.2, 0.25) is 0 Å². The lowest BCUT2D eigenvalue weighted by molar-refractivity contribution is 0.790. The molecule has 0 amide bonds. The molecule has 0 aromatic carbocycles. The fraction of sp³-hybridized carbons (Fsp3) is 0.273. The number of nitrogens with one attached hydrogen (secondary N) is 1. The van der Waals surface area contributed by atoms with E-state index < -0.39 is 0 Å². The quantitative estimate of drug-likeness (QED) is 0.823. The van der Waals surface area contributed by atoms with Crippen molar-refractivity contribution in [1.29, 1.82) is 0 Å². The first-order valence-corrected chi connectivity index (χ1v) is 6.01. The number of thioether (sulfide) groups is 1. The zero-order valence-corrected chi connectivity index (χ0v) is 10.2. The van der Waals surface area contributed by atoms with E-state index in [1.54, 1.807) is 11.8 Å². The van der Waals surface area contributed by atoms with Gasteiger partial charge in [0.1, 0.15) is 5.82 Å². The molecule has 1 N–H and O–H groups in total. The third kappa shape index (κ3) is 2.55. The van der Waals surface area contributed by atoms with Crippen LogP contribution in [0.1, 0.15) is 5.56 Å². The van der Waals surface area contributed by atoms with Crippen molar-refractivity contribution in [2.45, 2.75) is 10.9 Å². The van der Waals surface area contributed by atoms with Crippen LogP contribution in [0.25, 0.3) is 0 Å². The van der Waals surface area contributed by atoms with Crippen molar-refractivity contribution in [1.82, 2.24) is 14.5 Å². The van der Waals surface area contributed by atoms with E-state index in [0.29, 0.717) is 0 Å². The van der Waals surface area contributed by atoms with Crippen LogP contribution in [0.4, 0.5) is 5.82 Å². The van der Waals surface area contributed by atoms with Crippen molar-refractivity contribution in [2.75, 3.05) is 12.4 Å². The van der Waals surface area contributed by atoms with Crippen LogP contribution in [-0.4, -0.2) is 21.6 Å². The maximum absolute atomic E-state index is 4.27. The third-order valence-electron chi connectivity index (χ3n) is 2.23. The Labute approximate surface area is 99.1 Å². The second-order valence-corrected chi connectivity index (χ2v) is 4.35. The number of rotatable bonds is 4. The average Bonchev–Trinajstić information content (AvgIpc) is 2.72. The van der Waals surface area contributed by atoms with Crippen LogP contribution in [0.5, 0.6) is 0 Å². The highest BCUT2D eigenvalue weighted by Crippen LogP contribution is 2.21. The number of pyridine rings is 1. The molecule has 4 nitrogen and oxygen atoms in total. The molecular weight excluding hydrogens is 220 g/mol. The van der Waals surface area contributed by atoms with Gasteiger partial charge in [-0.15, -0.1) is 0 Å². The molecule has 84 valence electrons. The molecule has 0 fully saturated rings. The highest BCUT2D eigenvalue weighted by Gasteiger charge is 2.01. The minimum absolute atomic E-state index is 0.901. The number of hydrogen-bond donors (Lipinski definition) is 1. The minimum atomic E-state index is 0.901. The largest absolute Gasteiger partial charge is 0.373 e. The van der Waals surface area contributed by atoms with E-state index in [2.05, 4.69) is 21.4 Å². The molecule has 2 aromatic rings. The maximum atomic E-state index is 4.27. The normalized spacial score (nSPS) is 10.4. The van der Waals surface area contributed by atoms with Gasteiger partial charge in [-0.05, 0) is 17.7 Å². The first-order chi connectivity index (χ1) is 7.79. The molecule has 2 aromatic heterocycles. The van der Waals surface area contributed by atoms with Gasteiger partial charge < -0.3 is 9.88 Å². The Bertz CT molecular complexity index is 467. The lowest BCUT2D eigenvalue weighted by Gasteiger charge is -2.04. The lowest BCUT2D eigenvalue weighted by Crippen LogP contribution is -1.94. The van der Waals surface area contributed by atoms with Gasteiger partial charge in [-0.1, -0.05) is 11.8 Å². The van der Waals surface area contributed by atoms with Gasteiger partial charge in [0.15, 0.2) is 5.16 Å². The lowest BCUT2D eigenvalue weighted by atomic mass is 10.3. The molecule has 0 saturated heterocycles. The standard InChI is InChI=1S/C11H14N4S/c1-12-10-7-9(3-4-13-10)8-16-11-14-5-6-15(11)2/h3-7H,8H2,1-2H3,(H,12,13). The fourth-order valence-electron chi connectivity index (χ4n) is 1.34. The predicted octanol–water partition coefficient (Wildman–Crippen LogP) is 2.15. The first-order valence-electron chi connectivity index (χ1n) is 5.02. The Morgan fingerprint density at radius 1 is 1.38 bits per heavy atom. The van der Waals surface area contributed by atoms with E-state index >= 15 is 0 Å². The Morgan fingerprint density at radius 2 is 2.25 bits per heavy atom. The summed E-state index contributed by atoms with van der Waals surface area (Å²) in [5.74, 6) is 1.81. The van der Waals surface area contributed by atoms with Crippen molar-refractivity contribution < 1.29 is 0 Å². The molecule has 5 heteroatoms. The van der Waals surface area contributed by atoms with Crippen molar-refractivity contribution in [3.8, 4) is 0 Å². The average molecular weight is 234 g/mol. The zero-order chi connectivity index (χ0) is 11.4. The number of anilines is 1. The Kier molecular flexibility index (Phi) is 3.46. The fourth-order valence-corrected chi connectivity index (χ4v) is 2.21. The topological polar surface area (TPSA) is 42.7 Å². The smallest absolute Gasteiger partial charge is 0.167 e. The van der Waals surface area contributed by atoms with Crippen molar-refractivity contribution >= 4 is 17.6 Å². The molecule has 0 aliphatic rings. The van der Waals surface area contributed by atoms with Gasteiger partial charge in [-0.3, -0.25) is 0 Å². The van der Waals surface area contributed by atoms with Crippen LogP contribution in [0.3, 0.4) is 0 Å². The van der Waals surface area contributed by atoms with E-state index in [-0.39, 0.29) is 0 Å². The van der Waals surface area contributed by atoms with Crippen molar-refractivity contribution in [2.24, 2.45) is 7.05 Å². The van der Waals surface area contributed by atoms with E-state index in [1.807, 2.05) is 43.3 Å². The van der Waals surface area contributed by atoms with Crippen LogP contribution in [0, 0.1) is 0 Å². The van der Waals surface area contributed by atoms with Crippen LogP contribution >= 0.6 is 11.8 Å².